The highest BCUT2D eigenvalue weighted by Crippen LogP contribution is 2.27. The van der Waals surface area contributed by atoms with Crippen molar-refractivity contribution in [1.82, 2.24) is 30.0 Å². The Morgan fingerprint density at radius 1 is 1.00 bits per heavy atom. The first-order valence-corrected chi connectivity index (χ1v) is 11.8. The fourth-order valence-corrected chi connectivity index (χ4v) is 4.64. The first kappa shape index (κ1) is 22.5. The van der Waals surface area contributed by atoms with Crippen molar-refractivity contribution < 1.29 is 9.59 Å². The van der Waals surface area contributed by atoms with Gasteiger partial charge >= 0.3 is 0 Å². The van der Waals surface area contributed by atoms with Crippen LogP contribution in [-0.2, 0) is 16.1 Å². The van der Waals surface area contributed by atoms with Crippen molar-refractivity contribution >= 4 is 29.1 Å². The number of aromatic nitrogens is 4. The van der Waals surface area contributed by atoms with Gasteiger partial charge < -0.3 is 9.80 Å². The molecule has 9 nitrogen and oxygen atoms in total. The van der Waals surface area contributed by atoms with Gasteiger partial charge in [0.1, 0.15) is 0 Å². The molecule has 34 heavy (non-hydrogen) atoms. The lowest BCUT2D eigenvalue weighted by Crippen LogP contribution is -2.50. The molecule has 0 bridgehead atoms. The summed E-state index contributed by atoms with van der Waals surface area (Å²) >= 11 is 5.98. The van der Waals surface area contributed by atoms with Gasteiger partial charge in [-0.2, -0.15) is 4.68 Å². The second-order valence-corrected chi connectivity index (χ2v) is 9.26. The molecule has 0 radical (unpaired) electrons. The van der Waals surface area contributed by atoms with Crippen LogP contribution in [0, 0.1) is 12.8 Å². The van der Waals surface area contributed by atoms with Gasteiger partial charge in [-0.05, 0) is 53.7 Å². The zero-order valence-corrected chi connectivity index (χ0v) is 19.7. The van der Waals surface area contributed by atoms with Gasteiger partial charge in [-0.1, -0.05) is 29.3 Å². The number of aryl methyl sites for hydroxylation is 1. The summed E-state index contributed by atoms with van der Waals surface area (Å²) in [5.41, 5.74) is 2.85. The maximum atomic E-state index is 13.1. The van der Waals surface area contributed by atoms with Crippen LogP contribution in [0.15, 0.2) is 48.5 Å². The largest absolute Gasteiger partial charge is 0.340 e. The van der Waals surface area contributed by atoms with Crippen LogP contribution in [0.4, 0.5) is 5.69 Å². The van der Waals surface area contributed by atoms with Gasteiger partial charge in [0.15, 0.2) is 5.82 Å². The van der Waals surface area contributed by atoms with Crippen molar-refractivity contribution in [3.63, 3.8) is 0 Å². The summed E-state index contributed by atoms with van der Waals surface area (Å²) in [5, 5.41) is 12.8. The molecule has 2 aromatic carbocycles. The van der Waals surface area contributed by atoms with E-state index in [0.717, 1.165) is 35.9 Å². The van der Waals surface area contributed by atoms with E-state index in [0.29, 0.717) is 31.2 Å². The first-order chi connectivity index (χ1) is 16.5. The summed E-state index contributed by atoms with van der Waals surface area (Å²) in [7, 11) is 0. The number of nitrogens with zero attached hydrogens (tertiary/aromatic N) is 7. The molecule has 0 saturated carbocycles. The molecule has 2 amide bonds. The molecule has 3 heterocycles. The molecule has 2 aliphatic heterocycles. The molecule has 2 aliphatic rings. The second-order valence-electron chi connectivity index (χ2n) is 8.83. The molecule has 1 aromatic heterocycles. The Morgan fingerprint density at radius 3 is 2.38 bits per heavy atom. The third kappa shape index (κ3) is 4.67. The van der Waals surface area contributed by atoms with E-state index in [2.05, 4.69) is 20.4 Å². The molecule has 2 fully saturated rings. The third-order valence-electron chi connectivity index (χ3n) is 6.47. The molecule has 1 atom stereocenters. The molecule has 3 aromatic rings. The maximum absolute atomic E-state index is 13.1. The summed E-state index contributed by atoms with van der Waals surface area (Å²) in [5.74, 6) is 0.512. The number of hydrogen-bond donors (Lipinski definition) is 0. The van der Waals surface area contributed by atoms with Gasteiger partial charge in [-0.25, -0.2) is 0 Å². The highest BCUT2D eigenvalue weighted by Gasteiger charge is 2.38. The average molecular weight is 480 g/mol. The maximum Gasteiger partial charge on any atom is 0.228 e. The van der Waals surface area contributed by atoms with Crippen LogP contribution in [0.25, 0.3) is 5.69 Å². The lowest BCUT2D eigenvalue weighted by atomic mass is 10.1. The number of amides is 2. The number of carbonyl (C=O) groups is 2. The fraction of sp³-hybridized carbons (Fsp3) is 0.375. The van der Waals surface area contributed by atoms with Gasteiger partial charge in [0.25, 0.3) is 0 Å². The van der Waals surface area contributed by atoms with Crippen LogP contribution in [0.1, 0.15) is 17.8 Å². The van der Waals surface area contributed by atoms with Crippen molar-refractivity contribution in [1.29, 1.82) is 0 Å². The van der Waals surface area contributed by atoms with Crippen molar-refractivity contribution in [3.8, 4) is 5.69 Å². The number of rotatable bonds is 5. The SMILES string of the molecule is Cc1ccc(N2CC(C(=O)N3CCN(Cc4nnnn4-c4ccc(Cl)cc4)CC3)CC2=O)cc1. The Morgan fingerprint density at radius 2 is 1.68 bits per heavy atom. The summed E-state index contributed by atoms with van der Waals surface area (Å²) in [6, 6.07) is 15.2. The molecule has 2 saturated heterocycles. The van der Waals surface area contributed by atoms with E-state index in [4.69, 9.17) is 11.6 Å². The average Bonchev–Trinajstić information content (AvgIpc) is 3.47. The Bertz CT molecular complexity index is 1170. The minimum Gasteiger partial charge on any atom is -0.340 e. The minimum atomic E-state index is -0.294. The molecule has 0 aliphatic carbocycles. The lowest BCUT2D eigenvalue weighted by Gasteiger charge is -2.35. The summed E-state index contributed by atoms with van der Waals surface area (Å²) in [6.07, 6.45) is 0.267. The Labute approximate surface area is 202 Å². The van der Waals surface area contributed by atoms with Gasteiger partial charge in [-0.3, -0.25) is 14.5 Å². The monoisotopic (exact) mass is 479 g/mol. The zero-order chi connectivity index (χ0) is 23.7. The van der Waals surface area contributed by atoms with Crippen LogP contribution < -0.4 is 4.90 Å². The second kappa shape index (κ2) is 9.52. The van der Waals surface area contributed by atoms with Crippen molar-refractivity contribution in [2.75, 3.05) is 37.6 Å². The number of anilines is 1. The Kier molecular flexibility index (Phi) is 6.30. The molecule has 10 heteroatoms. The van der Waals surface area contributed by atoms with Crippen molar-refractivity contribution in [3.05, 3.63) is 64.9 Å². The Balaban J connectivity index is 1.17. The van der Waals surface area contributed by atoms with Crippen molar-refractivity contribution in [2.24, 2.45) is 5.92 Å². The van der Waals surface area contributed by atoms with E-state index < -0.39 is 0 Å². The van der Waals surface area contributed by atoms with Gasteiger partial charge in [0.2, 0.25) is 11.8 Å². The first-order valence-electron chi connectivity index (χ1n) is 11.4. The highest BCUT2D eigenvalue weighted by atomic mass is 35.5. The molecule has 176 valence electrons. The molecular weight excluding hydrogens is 454 g/mol. The predicted molar refractivity (Wildman–Crippen MR) is 128 cm³/mol. The molecule has 0 spiro atoms. The number of tetrazole rings is 1. The van der Waals surface area contributed by atoms with Gasteiger partial charge in [0.05, 0.1) is 18.2 Å². The standard InChI is InChI=1S/C24H26ClN7O2/c1-17-2-6-20(7-3-17)31-15-18(14-23(31)33)24(34)30-12-10-29(11-13-30)16-22-26-27-28-32(22)21-8-4-19(25)5-9-21/h2-9,18H,10-16H2,1H3. The van der Waals surface area contributed by atoms with Crippen LogP contribution in [0.2, 0.25) is 5.02 Å². The van der Waals surface area contributed by atoms with E-state index in [9.17, 15) is 9.59 Å². The molecule has 1 unspecified atom stereocenters. The van der Waals surface area contributed by atoms with Crippen LogP contribution in [0.5, 0.6) is 0 Å². The normalized spacial score (nSPS) is 19.1. The van der Waals surface area contributed by atoms with E-state index in [-0.39, 0.29) is 24.2 Å². The fourth-order valence-electron chi connectivity index (χ4n) is 4.52. The number of piperazine rings is 1. The van der Waals surface area contributed by atoms with Crippen LogP contribution in [0.3, 0.4) is 0 Å². The van der Waals surface area contributed by atoms with Gasteiger partial charge in [0, 0.05) is 49.9 Å². The summed E-state index contributed by atoms with van der Waals surface area (Å²) in [4.78, 5) is 31.6. The minimum absolute atomic E-state index is 0.00914. The van der Waals surface area contributed by atoms with E-state index >= 15 is 0 Å². The zero-order valence-electron chi connectivity index (χ0n) is 19.0. The quantitative estimate of drug-likeness (QED) is 0.558. The molecule has 5 rings (SSSR count). The molecular formula is C24H26ClN7O2. The number of halogens is 1. The van der Waals surface area contributed by atoms with E-state index in [1.54, 1.807) is 21.7 Å². The lowest BCUT2D eigenvalue weighted by molar-refractivity contribution is -0.137. The number of benzene rings is 2. The summed E-state index contributed by atoms with van der Waals surface area (Å²) in [6.45, 7) is 5.73. The highest BCUT2D eigenvalue weighted by molar-refractivity contribution is 6.30. The molecule has 0 N–H and O–H groups in total. The predicted octanol–water partition coefficient (Wildman–Crippen LogP) is 2.32. The topological polar surface area (TPSA) is 87.5 Å². The van der Waals surface area contributed by atoms with E-state index in [1.807, 2.05) is 48.2 Å². The van der Waals surface area contributed by atoms with E-state index in [1.165, 1.54) is 0 Å². The number of hydrogen-bond acceptors (Lipinski definition) is 6. The number of carbonyl (C=O) groups excluding carboxylic acids is 2. The Hall–Kier alpha value is -3.30. The third-order valence-corrected chi connectivity index (χ3v) is 6.73. The van der Waals surface area contributed by atoms with Crippen molar-refractivity contribution in [2.45, 2.75) is 19.9 Å². The van der Waals surface area contributed by atoms with Gasteiger partial charge in [-0.15, -0.1) is 5.10 Å². The smallest absolute Gasteiger partial charge is 0.228 e. The van der Waals surface area contributed by atoms with Crippen LogP contribution >= 0.6 is 11.6 Å². The summed E-state index contributed by atoms with van der Waals surface area (Å²) < 4.78 is 1.71. The van der Waals surface area contributed by atoms with Crippen LogP contribution in [-0.4, -0.2) is 74.5 Å².